The summed E-state index contributed by atoms with van der Waals surface area (Å²) in [7, 11) is 0. The van der Waals surface area contributed by atoms with E-state index >= 15 is 0 Å². The van der Waals surface area contributed by atoms with Crippen LogP contribution in [0.3, 0.4) is 0 Å². The van der Waals surface area contributed by atoms with Crippen molar-refractivity contribution in [1.82, 2.24) is 20.1 Å². The van der Waals surface area contributed by atoms with Gasteiger partial charge in [0.2, 0.25) is 3.79 Å². The predicted molar refractivity (Wildman–Crippen MR) is 127 cm³/mol. The molecule has 0 spiro atoms. The summed E-state index contributed by atoms with van der Waals surface area (Å²) >= 11 is 24.0. The number of carbonyl (C=O) groups excluding carboxylic acids is 1. The summed E-state index contributed by atoms with van der Waals surface area (Å²) < 4.78 is 0.0386. The molecule has 2 bridgehead atoms. The van der Waals surface area contributed by atoms with Gasteiger partial charge in [0.15, 0.2) is 5.11 Å². The van der Waals surface area contributed by atoms with Crippen molar-refractivity contribution in [2.24, 2.45) is 5.92 Å². The molecule has 6 nitrogen and oxygen atoms in total. The summed E-state index contributed by atoms with van der Waals surface area (Å²) in [6, 6.07) is 14.1. The van der Waals surface area contributed by atoms with E-state index in [0.29, 0.717) is 30.3 Å². The molecule has 10 heteroatoms. The molecule has 0 saturated carbocycles. The molecule has 164 valence electrons. The van der Waals surface area contributed by atoms with Crippen LogP contribution in [0.5, 0.6) is 0 Å². The quantitative estimate of drug-likeness (QED) is 0.385. The molecule has 1 amide bonds. The van der Waals surface area contributed by atoms with Gasteiger partial charge in [-0.15, -0.1) is 0 Å². The van der Waals surface area contributed by atoms with Crippen molar-refractivity contribution in [1.29, 1.82) is 0 Å². The minimum atomic E-state index is -1.82. The average Bonchev–Trinajstić information content (AvgIpc) is 2.73. The van der Waals surface area contributed by atoms with Crippen LogP contribution in [0.4, 0.5) is 0 Å². The van der Waals surface area contributed by atoms with Crippen molar-refractivity contribution in [2.45, 2.75) is 28.8 Å². The number of hydrogen-bond acceptors (Lipinski definition) is 3. The zero-order valence-corrected chi connectivity index (χ0v) is 19.5. The molecule has 31 heavy (non-hydrogen) atoms. The number of benzene rings is 1. The fourth-order valence-corrected chi connectivity index (χ4v) is 4.88. The van der Waals surface area contributed by atoms with Gasteiger partial charge in [-0.3, -0.25) is 9.59 Å². The lowest BCUT2D eigenvalue weighted by atomic mass is 9.83. The molecule has 2 aliphatic rings. The molecule has 3 heterocycles. The van der Waals surface area contributed by atoms with Gasteiger partial charge in [0.05, 0.1) is 0 Å². The highest BCUT2D eigenvalue weighted by atomic mass is 35.6. The number of nitrogens with one attached hydrogen (secondary N) is 2. The molecule has 0 aliphatic carbocycles. The number of aromatic nitrogens is 1. The second-order valence-electron chi connectivity index (χ2n) is 7.87. The minimum absolute atomic E-state index is 0.0289. The predicted octanol–water partition coefficient (Wildman–Crippen LogP) is 3.27. The Morgan fingerprint density at radius 2 is 1.77 bits per heavy atom. The van der Waals surface area contributed by atoms with Crippen LogP contribution in [0.25, 0.3) is 0 Å². The van der Waals surface area contributed by atoms with E-state index in [-0.39, 0.29) is 23.3 Å². The first kappa shape index (κ1) is 22.4. The first-order chi connectivity index (χ1) is 14.7. The van der Waals surface area contributed by atoms with Crippen LogP contribution in [0.2, 0.25) is 0 Å². The van der Waals surface area contributed by atoms with E-state index in [1.807, 2.05) is 21.6 Å². The Kier molecular flexibility index (Phi) is 6.49. The molecule has 2 aromatic rings. The van der Waals surface area contributed by atoms with E-state index in [1.165, 1.54) is 0 Å². The standard InChI is InChI=1S/C21H21Cl3N4O2S/c22-21(23,24)19(25-18(30)14-5-2-1-3-6-14)26-20(31)27-10-13-9-15(12-27)16-7-4-8-17(29)28(16)11-13/h1-8,13,15,19H,9-12H2,(H,25,30)(H,26,31)/t13?,15-,19?/m0/s1. The number of pyridine rings is 1. The van der Waals surface area contributed by atoms with Crippen LogP contribution in [0, 0.1) is 5.92 Å². The molecule has 0 radical (unpaired) electrons. The zero-order valence-electron chi connectivity index (χ0n) is 16.4. The first-order valence-corrected chi connectivity index (χ1v) is 11.4. The minimum Gasteiger partial charge on any atom is -0.348 e. The van der Waals surface area contributed by atoms with Crippen LogP contribution in [0.15, 0.2) is 53.3 Å². The molecular weight excluding hydrogens is 479 g/mol. The molecule has 1 aromatic heterocycles. The maximum atomic E-state index is 12.6. The van der Waals surface area contributed by atoms with Crippen molar-refractivity contribution in [3.05, 3.63) is 70.1 Å². The SMILES string of the molecule is O=C(NC(NC(=S)N1CC2C[C@@H](C1)c1cccc(=O)n1C2)C(Cl)(Cl)Cl)c1ccccc1. The van der Waals surface area contributed by atoms with Crippen LogP contribution >= 0.6 is 47.0 Å². The second-order valence-corrected chi connectivity index (χ2v) is 10.6. The lowest BCUT2D eigenvalue weighted by Gasteiger charge is -2.44. The fraction of sp³-hybridized carbons (Fsp3) is 0.381. The maximum absolute atomic E-state index is 12.6. The van der Waals surface area contributed by atoms with E-state index in [1.54, 1.807) is 36.4 Å². The molecule has 2 aliphatic heterocycles. The molecule has 2 N–H and O–H groups in total. The first-order valence-electron chi connectivity index (χ1n) is 9.90. The maximum Gasteiger partial charge on any atom is 0.252 e. The summed E-state index contributed by atoms with van der Waals surface area (Å²) in [5, 5.41) is 6.12. The number of alkyl halides is 3. The van der Waals surface area contributed by atoms with Gasteiger partial charge in [-0.1, -0.05) is 59.1 Å². The van der Waals surface area contributed by atoms with Gasteiger partial charge in [-0.05, 0) is 42.8 Å². The van der Waals surface area contributed by atoms with Crippen LogP contribution < -0.4 is 16.2 Å². The topological polar surface area (TPSA) is 66.4 Å². The number of nitrogens with zero attached hydrogens (tertiary/aromatic N) is 2. The largest absolute Gasteiger partial charge is 0.348 e. The van der Waals surface area contributed by atoms with Crippen molar-refractivity contribution in [2.75, 3.05) is 13.1 Å². The Morgan fingerprint density at radius 1 is 1.03 bits per heavy atom. The van der Waals surface area contributed by atoms with E-state index in [4.69, 9.17) is 47.0 Å². The highest BCUT2D eigenvalue weighted by Gasteiger charge is 2.39. The number of amides is 1. The highest BCUT2D eigenvalue weighted by Crippen LogP contribution is 2.35. The van der Waals surface area contributed by atoms with E-state index in [2.05, 4.69) is 10.6 Å². The third-order valence-corrected chi connectivity index (χ3v) is 6.70. The van der Waals surface area contributed by atoms with Crippen molar-refractivity contribution in [3.63, 3.8) is 0 Å². The summed E-state index contributed by atoms with van der Waals surface area (Å²) in [4.78, 5) is 26.8. The molecular formula is C21H21Cl3N4O2S. The third-order valence-electron chi connectivity index (χ3n) is 5.67. The number of carbonyl (C=O) groups is 1. The third kappa shape index (κ3) is 5.00. The van der Waals surface area contributed by atoms with E-state index < -0.39 is 9.96 Å². The average molecular weight is 500 g/mol. The van der Waals surface area contributed by atoms with Gasteiger partial charge in [-0.25, -0.2) is 0 Å². The molecule has 1 fully saturated rings. The van der Waals surface area contributed by atoms with Crippen molar-refractivity contribution in [3.8, 4) is 0 Å². The van der Waals surface area contributed by atoms with Gasteiger partial charge in [0.1, 0.15) is 6.17 Å². The smallest absolute Gasteiger partial charge is 0.252 e. The number of fused-ring (bicyclic) bond motifs is 4. The number of rotatable bonds is 3. The zero-order chi connectivity index (χ0) is 22.2. The summed E-state index contributed by atoms with van der Waals surface area (Å²) in [5.41, 5.74) is 1.50. The Labute approximate surface area is 200 Å². The van der Waals surface area contributed by atoms with E-state index in [9.17, 15) is 9.59 Å². The van der Waals surface area contributed by atoms with Gasteiger partial charge in [0.25, 0.3) is 11.5 Å². The summed E-state index contributed by atoms with van der Waals surface area (Å²) in [6.45, 7) is 1.98. The fourth-order valence-electron chi connectivity index (χ4n) is 4.28. The molecule has 2 unspecified atom stereocenters. The Balaban J connectivity index is 1.47. The highest BCUT2D eigenvalue weighted by molar-refractivity contribution is 7.80. The number of piperidine rings is 1. The molecule has 1 aromatic carbocycles. The van der Waals surface area contributed by atoms with Crippen LogP contribution in [0.1, 0.15) is 28.4 Å². The lowest BCUT2D eigenvalue weighted by molar-refractivity contribution is 0.0932. The molecule has 4 rings (SSSR count). The van der Waals surface area contributed by atoms with Crippen LogP contribution in [-0.4, -0.2) is 43.5 Å². The van der Waals surface area contributed by atoms with Crippen LogP contribution in [-0.2, 0) is 6.54 Å². The van der Waals surface area contributed by atoms with E-state index in [0.717, 1.165) is 12.1 Å². The summed E-state index contributed by atoms with van der Waals surface area (Å²) in [5.74, 6) is 0.0959. The second kappa shape index (κ2) is 8.98. The Bertz CT molecular complexity index is 1040. The Hall–Kier alpha value is -1.80. The number of hydrogen-bond donors (Lipinski definition) is 2. The van der Waals surface area contributed by atoms with Gasteiger partial charge >= 0.3 is 0 Å². The summed E-state index contributed by atoms with van der Waals surface area (Å²) in [6.07, 6.45) is -0.0179. The molecule has 1 saturated heterocycles. The number of halogens is 3. The number of thiocarbonyl (C=S) groups is 1. The molecule has 3 atom stereocenters. The number of likely N-dealkylation sites (tertiary alicyclic amines) is 1. The van der Waals surface area contributed by atoms with Crippen molar-refractivity contribution >= 4 is 58.0 Å². The van der Waals surface area contributed by atoms with Gasteiger partial charge < -0.3 is 20.1 Å². The van der Waals surface area contributed by atoms with Gasteiger partial charge in [-0.2, -0.15) is 0 Å². The Morgan fingerprint density at radius 3 is 2.48 bits per heavy atom. The van der Waals surface area contributed by atoms with Gasteiger partial charge in [0, 0.05) is 42.9 Å². The normalized spacial score (nSPS) is 21.1. The van der Waals surface area contributed by atoms with Crippen molar-refractivity contribution < 1.29 is 4.79 Å². The lowest BCUT2D eigenvalue weighted by Crippen LogP contribution is -2.60. The monoisotopic (exact) mass is 498 g/mol.